The molecule has 0 unspecified atom stereocenters. The molecular formula is C13H11BO2S. The zero-order valence-electron chi connectivity index (χ0n) is 9.34. The highest BCUT2D eigenvalue weighted by Crippen LogP contribution is 2.33. The molecule has 84 valence electrons. The van der Waals surface area contributed by atoms with E-state index in [2.05, 4.69) is 18.2 Å². The highest BCUT2D eigenvalue weighted by atomic mass is 32.1. The summed E-state index contributed by atoms with van der Waals surface area (Å²) in [6, 6.07) is 12.1. The van der Waals surface area contributed by atoms with Crippen molar-refractivity contribution in [2.75, 3.05) is 0 Å². The average molecular weight is 242 g/mol. The molecule has 4 heteroatoms. The van der Waals surface area contributed by atoms with E-state index in [0.29, 0.717) is 5.46 Å². The van der Waals surface area contributed by atoms with Crippen LogP contribution in [-0.4, -0.2) is 17.2 Å². The van der Waals surface area contributed by atoms with E-state index >= 15 is 0 Å². The van der Waals surface area contributed by atoms with Crippen LogP contribution in [0.2, 0.25) is 0 Å². The van der Waals surface area contributed by atoms with E-state index in [0.717, 1.165) is 15.6 Å². The van der Waals surface area contributed by atoms with Crippen molar-refractivity contribution in [2.24, 2.45) is 0 Å². The molecule has 17 heavy (non-hydrogen) atoms. The van der Waals surface area contributed by atoms with Gasteiger partial charge >= 0.3 is 7.12 Å². The lowest BCUT2D eigenvalue weighted by Crippen LogP contribution is -2.30. The van der Waals surface area contributed by atoms with E-state index in [4.69, 9.17) is 0 Å². The molecule has 0 saturated carbocycles. The molecule has 0 aliphatic carbocycles. The first kappa shape index (κ1) is 10.8. The van der Waals surface area contributed by atoms with Crippen LogP contribution < -0.4 is 5.46 Å². The molecule has 2 nitrogen and oxygen atoms in total. The number of thiophene rings is 1. The van der Waals surface area contributed by atoms with Crippen molar-refractivity contribution in [2.45, 2.75) is 6.92 Å². The lowest BCUT2D eigenvalue weighted by atomic mass is 9.79. The molecule has 0 fully saturated rings. The summed E-state index contributed by atoms with van der Waals surface area (Å²) in [4.78, 5) is 0. The van der Waals surface area contributed by atoms with E-state index in [1.165, 1.54) is 10.1 Å². The summed E-state index contributed by atoms with van der Waals surface area (Å²) < 4.78 is 2.14. The van der Waals surface area contributed by atoms with Crippen molar-refractivity contribution >= 4 is 44.1 Å². The SMILES string of the molecule is Cc1cc(B(O)O)c2sc3ccccc3c2c1. The summed E-state index contributed by atoms with van der Waals surface area (Å²) in [6.07, 6.45) is 0. The van der Waals surface area contributed by atoms with Gasteiger partial charge in [-0.2, -0.15) is 0 Å². The van der Waals surface area contributed by atoms with Gasteiger partial charge in [-0.15, -0.1) is 11.3 Å². The maximum absolute atomic E-state index is 9.43. The third kappa shape index (κ3) is 1.65. The minimum atomic E-state index is -1.41. The van der Waals surface area contributed by atoms with Gasteiger partial charge in [0, 0.05) is 25.6 Å². The minimum Gasteiger partial charge on any atom is -0.423 e. The summed E-state index contributed by atoms with van der Waals surface area (Å²) in [5.74, 6) is 0. The predicted molar refractivity (Wildman–Crippen MR) is 73.9 cm³/mol. The Balaban J connectivity index is 2.51. The van der Waals surface area contributed by atoms with Gasteiger partial charge in [-0.05, 0) is 13.0 Å². The van der Waals surface area contributed by atoms with Crippen molar-refractivity contribution in [3.8, 4) is 0 Å². The van der Waals surface area contributed by atoms with Gasteiger partial charge in [-0.25, -0.2) is 0 Å². The highest BCUT2D eigenvalue weighted by Gasteiger charge is 2.18. The van der Waals surface area contributed by atoms with E-state index in [1.54, 1.807) is 11.3 Å². The molecule has 2 aromatic carbocycles. The molecule has 0 saturated heterocycles. The topological polar surface area (TPSA) is 40.5 Å². The van der Waals surface area contributed by atoms with Crippen molar-refractivity contribution in [3.05, 3.63) is 42.0 Å². The number of fused-ring (bicyclic) bond motifs is 3. The summed E-state index contributed by atoms with van der Waals surface area (Å²) >= 11 is 1.61. The average Bonchev–Trinajstić information content (AvgIpc) is 2.66. The lowest BCUT2D eigenvalue weighted by Gasteiger charge is -2.03. The molecule has 3 rings (SSSR count). The van der Waals surface area contributed by atoms with Crippen LogP contribution in [0.25, 0.3) is 20.2 Å². The third-order valence-electron chi connectivity index (χ3n) is 2.93. The Morgan fingerprint density at radius 2 is 1.82 bits per heavy atom. The zero-order valence-corrected chi connectivity index (χ0v) is 10.2. The number of hydrogen-bond donors (Lipinski definition) is 2. The van der Waals surface area contributed by atoms with Crippen LogP contribution in [0.5, 0.6) is 0 Å². The van der Waals surface area contributed by atoms with Gasteiger partial charge in [0.2, 0.25) is 0 Å². The number of hydrogen-bond acceptors (Lipinski definition) is 3. The Morgan fingerprint density at radius 1 is 1.06 bits per heavy atom. The van der Waals surface area contributed by atoms with Gasteiger partial charge in [0.05, 0.1) is 0 Å². The third-order valence-corrected chi connectivity index (χ3v) is 4.17. The van der Waals surface area contributed by atoms with Crippen molar-refractivity contribution in [1.29, 1.82) is 0 Å². The fraction of sp³-hybridized carbons (Fsp3) is 0.0769. The van der Waals surface area contributed by atoms with E-state index in [9.17, 15) is 10.0 Å². The summed E-state index contributed by atoms with van der Waals surface area (Å²) in [5, 5.41) is 21.2. The minimum absolute atomic E-state index is 0.598. The highest BCUT2D eigenvalue weighted by molar-refractivity contribution is 7.27. The first-order chi connectivity index (χ1) is 8.16. The second-order valence-electron chi connectivity index (χ2n) is 4.20. The van der Waals surface area contributed by atoms with Crippen LogP contribution in [0.1, 0.15) is 5.56 Å². The van der Waals surface area contributed by atoms with E-state index in [1.807, 2.05) is 25.1 Å². The van der Waals surface area contributed by atoms with Crippen LogP contribution in [0.15, 0.2) is 36.4 Å². The molecule has 3 aromatic rings. The Hall–Kier alpha value is -1.36. The number of rotatable bonds is 1. The molecule has 0 bridgehead atoms. The van der Waals surface area contributed by atoms with Crippen LogP contribution in [0.3, 0.4) is 0 Å². The van der Waals surface area contributed by atoms with Gasteiger partial charge in [0.1, 0.15) is 0 Å². The quantitative estimate of drug-likeness (QED) is 0.641. The number of benzene rings is 2. The fourth-order valence-corrected chi connectivity index (χ4v) is 3.41. The first-order valence-corrected chi connectivity index (χ1v) is 6.26. The molecule has 0 aliphatic rings. The monoisotopic (exact) mass is 242 g/mol. The van der Waals surface area contributed by atoms with Crippen molar-refractivity contribution < 1.29 is 10.0 Å². The van der Waals surface area contributed by atoms with Crippen LogP contribution >= 0.6 is 11.3 Å². The number of aryl methyl sites for hydroxylation is 1. The molecule has 1 aromatic heterocycles. The second kappa shape index (κ2) is 3.84. The molecule has 0 spiro atoms. The van der Waals surface area contributed by atoms with Crippen LogP contribution in [0, 0.1) is 6.92 Å². The van der Waals surface area contributed by atoms with Crippen LogP contribution in [0.4, 0.5) is 0 Å². The maximum atomic E-state index is 9.43. The summed E-state index contributed by atoms with van der Waals surface area (Å²) in [6.45, 7) is 1.97. The summed E-state index contributed by atoms with van der Waals surface area (Å²) in [5.41, 5.74) is 1.64. The molecule has 0 amide bonds. The Kier molecular flexibility index (Phi) is 2.43. The first-order valence-electron chi connectivity index (χ1n) is 5.45. The van der Waals surface area contributed by atoms with Crippen molar-refractivity contribution in [1.82, 2.24) is 0 Å². The van der Waals surface area contributed by atoms with Gasteiger partial charge in [-0.3, -0.25) is 0 Å². The molecule has 0 atom stereocenters. The normalized spacial score (nSPS) is 11.2. The molecule has 0 radical (unpaired) electrons. The van der Waals surface area contributed by atoms with Gasteiger partial charge in [0.15, 0.2) is 0 Å². The van der Waals surface area contributed by atoms with E-state index < -0.39 is 7.12 Å². The Morgan fingerprint density at radius 3 is 2.59 bits per heavy atom. The molecule has 1 heterocycles. The maximum Gasteiger partial charge on any atom is 0.489 e. The van der Waals surface area contributed by atoms with Gasteiger partial charge in [0.25, 0.3) is 0 Å². The van der Waals surface area contributed by atoms with Crippen LogP contribution in [-0.2, 0) is 0 Å². The zero-order chi connectivity index (χ0) is 12.0. The standard InChI is InChI=1S/C13H11BO2S/c1-8-6-10-9-4-2-3-5-12(9)17-13(10)11(7-8)14(15)16/h2-7,15-16H,1H3. The fourth-order valence-electron chi connectivity index (χ4n) is 2.20. The predicted octanol–water partition coefficient (Wildman–Crippen LogP) is 2.04. The largest absolute Gasteiger partial charge is 0.489 e. The van der Waals surface area contributed by atoms with Gasteiger partial charge in [-0.1, -0.05) is 35.9 Å². The van der Waals surface area contributed by atoms with E-state index in [-0.39, 0.29) is 0 Å². The molecule has 2 N–H and O–H groups in total. The Labute approximate surface area is 103 Å². The van der Waals surface area contributed by atoms with Crippen molar-refractivity contribution in [3.63, 3.8) is 0 Å². The molecular weight excluding hydrogens is 231 g/mol. The lowest BCUT2D eigenvalue weighted by molar-refractivity contribution is 0.426. The smallest absolute Gasteiger partial charge is 0.423 e. The summed E-state index contributed by atoms with van der Waals surface area (Å²) in [7, 11) is -1.41. The van der Waals surface area contributed by atoms with Gasteiger partial charge < -0.3 is 10.0 Å². The molecule has 0 aliphatic heterocycles. The Bertz CT molecular complexity index is 703. The second-order valence-corrected chi connectivity index (χ2v) is 5.25.